The number of piperazine rings is 1. The van der Waals surface area contributed by atoms with Gasteiger partial charge in [-0.3, -0.25) is 4.79 Å². The first-order chi connectivity index (χ1) is 14.0. The van der Waals surface area contributed by atoms with E-state index in [1.165, 1.54) is 58.7 Å². The molecule has 2 aliphatic heterocycles. The molecule has 1 aromatic carbocycles. The zero-order chi connectivity index (χ0) is 21.6. The Bertz CT molecular complexity index is 698. The van der Waals surface area contributed by atoms with Gasteiger partial charge in [0.05, 0.1) is 5.69 Å². The molecule has 0 amide bonds. The summed E-state index contributed by atoms with van der Waals surface area (Å²) in [6, 6.07) is 9.83. The molecule has 0 aliphatic carbocycles. The van der Waals surface area contributed by atoms with E-state index in [2.05, 4.69) is 48.9 Å². The van der Waals surface area contributed by atoms with E-state index >= 15 is 0 Å². The number of para-hydroxylation sites is 1. The number of hydrogen-bond acceptors (Lipinski definition) is 4. The highest BCUT2D eigenvalue weighted by Crippen LogP contribution is 2.16. The van der Waals surface area contributed by atoms with Crippen molar-refractivity contribution in [2.75, 3.05) is 59.9 Å². The summed E-state index contributed by atoms with van der Waals surface area (Å²) < 4.78 is 1.89. The van der Waals surface area contributed by atoms with Crippen molar-refractivity contribution in [1.82, 2.24) is 19.3 Å². The zero-order valence-electron chi connectivity index (χ0n) is 18.9. The van der Waals surface area contributed by atoms with Crippen LogP contribution in [0.4, 0.5) is 0 Å². The van der Waals surface area contributed by atoms with E-state index in [4.69, 9.17) is 0 Å². The van der Waals surface area contributed by atoms with Gasteiger partial charge in [-0.05, 0) is 58.7 Å². The number of likely N-dealkylation sites (tertiary alicyclic amines) is 1. The third kappa shape index (κ3) is 8.52. The summed E-state index contributed by atoms with van der Waals surface area (Å²) in [6.45, 7) is 17.1. The average molecular weight is 401 g/mol. The second kappa shape index (κ2) is 14.1. The molecule has 3 heterocycles. The first-order valence-electron chi connectivity index (χ1n) is 10.6. The maximum absolute atomic E-state index is 10.6. The molecule has 0 bridgehead atoms. The molecule has 2 fully saturated rings. The van der Waals surface area contributed by atoms with E-state index < -0.39 is 0 Å². The summed E-state index contributed by atoms with van der Waals surface area (Å²) in [6.07, 6.45) is 3.70. The molecule has 4 rings (SSSR count). The van der Waals surface area contributed by atoms with Crippen molar-refractivity contribution in [3.63, 3.8) is 0 Å². The number of rotatable bonds is 2. The van der Waals surface area contributed by atoms with Crippen molar-refractivity contribution in [2.45, 2.75) is 19.8 Å². The van der Waals surface area contributed by atoms with E-state index in [-0.39, 0.29) is 0 Å². The van der Waals surface area contributed by atoms with Crippen molar-refractivity contribution < 1.29 is 4.79 Å². The molecule has 162 valence electrons. The van der Waals surface area contributed by atoms with E-state index in [9.17, 15) is 4.79 Å². The SMILES string of the molecule is C=C.CCN1CCN(C)CC1.CN1CCCC1.Cn1c(C=O)cc2ccccc21. The summed E-state index contributed by atoms with van der Waals surface area (Å²) in [5.41, 5.74) is 1.82. The average Bonchev–Trinajstić information content (AvgIpc) is 3.38. The molecule has 2 aliphatic rings. The molecular weight excluding hydrogens is 360 g/mol. The third-order valence-electron chi connectivity index (χ3n) is 5.48. The van der Waals surface area contributed by atoms with Gasteiger partial charge in [-0.25, -0.2) is 0 Å². The maximum Gasteiger partial charge on any atom is 0.166 e. The van der Waals surface area contributed by atoms with E-state index in [0.29, 0.717) is 0 Å². The lowest BCUT2D eigenvalue weighted by atomic mass is 10.2. The number of fused-ring (bicyclic) bond motifs is 1. The predicted molar refractivity (Wildman–Crippen MR) is 126 cm³/mol. The van der Waals surface area contributed by atoms with Crippen molar-refractivity contribution in [1.29, 1.82) is 0 Å². The molecule has 0 spiro atoms. The van der Waals surface area contributed by atoms with Gasteiger partial charge in [-0.15, -0.1) is 13.2 Å². The van der Waals surface area contributed by atoms with Crippen LogP contribution in [0.25, 0.3) is 10.9 Å². The predicted octanol–water partition coefficient (Wildman–Crippen LogP) is 3.76. The zero-order valence-corrected chi connectivity index (χ0v) is 18.9. The van der Waals surface area contributed by atoms with Gasteiger partial charge >= 0.3 is 0 Å². The largest absolute Gasteiger partial charge is 0.341 e. The molecule has 1 aromatic heterocycles. The van der Waals surface area contributed by atoms with Crippen molar-refractivity contribution in [2.24, 2.45) is 7.05 Å². The first-order valence-corrected chi connectivity index (χ1v) is 10.6. The summed E-state index contributed by atoms with van der Waals surface area (Å²) in [4.78, 5) is 17.8. The molecule has 0 radical (unpaired) electrons. The van der Waals surface area contributed by atoms with Gasteiger partial charge in [0.25, 0.3) is 0 Å². The number of carbonyl (C=O) groups is 1. The minimum Gasteiger partial charge on any atom is -0.341 e. The van der Waals surface area contributed by atoms with Gasteiger partial charge < -0.3 is 19.3 Å². The van der Waals surface area contributed by atoms with E-state index in [0.717, 1.165) is 22.9 Å². The van der Waals surface area contributed by atoms with Crippen LogP contribution in [0.2, 0.25) is 0 Å². The van der Waals surface area contributed by atoms with Crippen LogP contribution in [-0.4, -0.2) is 85.5 Å². The van der Waals surface area contributed by atoms with Gasteiger partial charge in [-0.1, -0.05) is 25.1 Å². The van der Waals surface area contributed by atoms with Gasteiger partial charge in [0.2, 0.25) is 0 Å². The van der Waals surface area contributed by atoms with Crippen molar-refractivity contribution in [3.05, 3.63) is 49.2 Å². The lowest BCUT2D eigenvalue weighted by Gasteiger charge is -2.31. The van der Waals surface area contributed by atoms with Crippen LogP contribution in [0.3, 0.4) is 0 Å². The molecule has 0 saturated carbocycles. The Kier molecular flexibility index (Phi) is 12.2. The summed E-state index contributed by atoms with van der Waals surface area (Å²) >= 11 is 0. The highest BCUT2D eigenvalue weighted by molar-refractivity contribution is 5.88. The number of aromatic nitrogens is 1. The van der Waals surface area contributed by atoms with Crippen molar-refractivity contribution in [3.8, 4) is 0 Å². The fourth-order valence-corrected chi connectivity index (χ4v) is 3.46. The van der Waals surface area contributed by atoms with Gasteiger partial charge in [0, 0.05) is 44.1 Å². The normalized spacial score (nSPS) is 17.4. The molecule has 29 heavy (non-hydrogen) atoms. The van der Waals surface area contributed by atoms with Gasteiger partial charge in [0.1, 0.15) is 0 Å². The number of nitrogens with zero attached hydrogens (tertiary/aromatic N) is 4. The number of benzene rings is 1. The van der Waals surface area contributed by atoms with Crippen LogP contribution >= 0.6 is 0 Å². The van der Waals surface area contributed by atoms with Crippen LogP contribution in [0.1, 0.15) is 30.3 Å². The van der Waals surface area contributed by atoms with Crippen molar-refractivity contribution >= 4 is 17.2 Å². The van der Waals surface area contributed by atoms with Crippen LogP contribution in [-0.2, 0) is 7.05 Å². The Morgan fingerprint density at radius 1 is 0.897 bits per heavy atom. The minimum absolute atomic E-state index is 0.719. The number of carbonyl (C=O) groups excluding carboxylic acids is 1. The van der Waals surface area contributed by atoms with Crippen LogP contribution in [0, 0.1) is 0 Å². The second-order valence-electron chi connectivity index (χ2n) is 7.55. The van der Waals surface area contributed by atoms with Crippen LogP contribution in [0.15, 0.2) is 43.5 Å². The molecule has 0 N–H and O–H groups in total. The fourth-order valence-electron chi connectivity index (χ4n) is 3.46. The fraction of sp³-hybridized carbons (Fsp3) is 0.542. The number of likely N-dealkylation sites (N-methyl/N-ethyl adjacent to an activating group) is 2. The highest BCUT2D eigenvalue weighted by Gasteiger charge is 2.10. The summed E-state index contributed by atoms with van der Waals surface area (Å²) in [5.74, 6) is 0. The minimum atomic E-state index is 0.719. The quantitative estimate of drug-likeness (QED) is 0.567. The van der Waals surface area contributed by atoms with E-state index in [1.54, 1.807) is 0 Å². The number of aryl methyl sites for hydroxylation is 1. The molecular formula is C24H40N4O. The first kappa shape index (κ1) is 25.1. The monoisotopic (exact) mass is 400 g/mol. The lowest BCUT2D eigenvalue weighted by Crippen LogP contribution is -2.44. The lowest BCUT2D eigenvalue weighted by molar-refractivity contribution is 0.111. The third-order valence-corrected chi connectivity index (χ3v) is 5.48. The van der Waals surface area contributed by atoms with Gasteiger partial charge in [-0.2, -0.15) is 0 Å². The number of aldehydes is 1. The Hall–Kier alpha value is -1.95. The second-order valence-corrected chi connectivity index (χ2v) is 7.55. The Balaban J connectivity index is 0.000000219. The number of hydrogen-bond donors (Lipinski definition) is 0. The smallest absolute Gasteiger partial charge is 0.166 e. The van der Waals surface area contributed by atoms with Crippen LogP contribution in [0.5, 0.6) is 0 Å². The Morgan fingerprint density at radius 2 is 1.45 bits per heavy atom. The molecule has 5 nitrogen and oxygen atoms in total. The Morgan fingerprint density at radius 3 is 1.90 bits per heavy atom. The molecule has 0 unspecified atom stereocenters. The topological polar surface area (TPSA) is 31.7 Å². The standard InChI is InChI=1S/C10H9NO.C7H16N2.C5H11N.C2H4/c1-11-9(7-12)6-8-4-2-3-5-10(8)11;1-3-9-6-4-8(2)5-7-9;1-6-4-2-3-5-6;1-2/h2-7H,1H3;3-7H2,1-2H3;2-5H2,1H3;1-2H2. The summed E-state index contributed by atoms with van der Waals surface area (Å²) in [7, 11) is 6.26. The Labute approximate surface area is 177 Å². The molecule has 0 atom stereocenters. The van der Waals surface area contributed by atoms with Crippen LogP contribution < -0.4 is 0 Å². The summed E-state index contributed by atoms with van der Waals surface area (Å²) in [5, 5.41) is 1.11. The molecule has 2 aromatic rings. The van der Waals surface area contributed by atoms with Gasteiger partial charge in [0.15, 0.2) is 6.29 Å². The highest BCUT2D eigenvalue weighted by atomic mass is 16.1. The maximum atomic E-state index is 10.6. The molecule has 5 heteroatoms. The van der Waals surface area contributed by atoms with E-state index in [1.807, 2.05) is 41.9 Å². The molecule has 2 saturated heterocycles.